The molecule has 1 rings (SSSR count). The Bertz CT molecular complexity index is 278. The van der Waals surface area contributed by atoms with Crippen LogP contribution in [-0.4, -0.2) is 7.28 Å². The second-order valence-corrected chi connectivity index (χ2v) is 9.78. The van der Waals surface area contributed by atoms with Crippen LogP contribution in [0.1, 0.15) is 155 Å². The van der Waals surface area contributed by atoms with Gasteiger partial charge >= 0.3 is 0 Å². The molecule has 27 heavy (non-hydrogen) atoms. The van der Waals surface area contributed by atoms with Crippen LogP contribution in [0.25, 0.3) is 0 Å². The van der Waals surface area contributed by atoms with Crippen LogP contribution in [0.15, 0.2) is 0 Å². The van der Waals surface area contributed by atoms with Gasteiger partial charge in [-0.25, -0.2) is 0 Å². The van der Waals surface area contributed by atoms with E-state index < -0.39 is 0 Å². The zero-order valence-corrected chi connectivity index (χ0v) is 19.4. The summed E-state index contributed by atoms with van der Waals surface area (Å²) in [6.07, 6.45) is 32.8. The maximum absolute atomic E-state index is 2.33. The molecule has 0 aromatic heterocycles. The van der Waals surface area contributed by atoms with E-state index in [-0.39, 0.29) is 0 Å². The molecule has 0 N–H and O–H groups in total. The quantitative estimate of drug-likeness (QED) is 0.197. The Morgan fingerprint density at radius 2 is 0.963 bits per heavy atom. The Labute approximate surface area is 174 Å². The molecular formula is C26H53B. The van der Waals surface area contributed by atoms with Crippen molar-refractivity contribution in [3.63, 3.8) is 0 Å². The lowest BCUT2D eigenvalue weighted by atomic mass is 9.50. The van der Waals surface area contributed by atoms with Crippen LogP contribution in [-0.2, 0) is 0 Å². The number of hydrogen-bond donors (Lipinski definition) is 0. The van der Waals surface area contributed by atoms with Crippen molar-refractivity contribution in [1.29, 1.82) is 0 Å². The molecule has 1 aliphatic rings. The summed E-state index contributed by atoms with van der Waals surface area (Å²) in [6, 6.07) is 0. The van der Waals surface area contributed by atoms with Gasteiger partial charge in [0.2, 0.25) is 0 Å². The van der Waals surface area contributed by atoms with Gasteiger partial charge in [-0.05, 0) is 0 Å². The number of rotatable bonds is 15. The molecule has 0 heterocycles. The Kier molecular flexibility index (Phi) is 18.0. The van der Waals surface area contributed by atoms with E-state index in [9.17, 15) is 0 Å². The lowest BCUT2D eigenvalue weighted by Crippen LogP contribution is -2.13. The highest BCUT2D eigenvalue weighted by Gasteiger charge is 2.18. The lowest BCUT2D eigenvalue weighted by molar-refractivity contribution is 0.491. The van der Waals surface area contributed by atoms with Crippen LogP contribution >= 0.6 is 0 Å². The van der Waals surface area contributed by atoms with Gasteiger partial charge in [-0.15, -0.1) is 0 Å². The molecule has 0 aromatic carbocycles. The summed E-state index contributed by atoms with van der Waals surface area (Å²) in [4.78, 5) is 0. The van der Waals surface area contributed by atoms with Crippen LogP contribution in [0.3, 0.4) is 0 Å². The fraction of sp³-hybridized carbons (Fsp3) is 1.00. The molecule has 0 spiro atoms. The Morgan fingerprint density at radius 1 is 0.556 bits per heavy atom. The fourth-order valence-corrected chi connectivity index (χ4v) is 5.23. The van der Waals surface area contributed by atoms with E-state index in [0.29, 0.717) is 0 Å². The molecule has 1 saturated carbocycles. The van der Waals surface area contributed by atoms with Crippen LogP contribution in [0.5, 0.6) is 0 Å². The monoisotopic (exact) mass is 376 g/mol. The molecule has 1 atom stereocenters. The van der Waals surface area contributed by atoms with Gasteiger partial charge in [-0.2, -0.15) is 0 Å². The zero-order valence-electron chi connectivity index (χ0n) is 19.4. The first-order valence-corrected chi connectivity index (χ1v) is 13.4. The molecule has 0 aliphatic heterocycles. The van der Waals surface area contributed by atoms with E-state index in [2.05, 4.69) is 13.8 Å². The van der Waals surface area contributed by atoms with E-state index in [1.165, 1.54) is 128 Å². The third-order valence-corrected chi connectivity index (χ3v) is 7.07. The van der Waals surface area contributed by atoms with Gasteiger partial charge in [0.25, 0.3) is 0 Å². The van der Waals surface area contributed by atoms with Gasteiger partial charge in [0.15, 0.2) is 0 Å². The zero-order chi connectivity index (χ0) is 19.4. The maximum atomic E-state index is 2.33. The molecule has 160 valence electrons. The summed E-state index contributed by atoms with van der Waals surface area (Å²) in [5, 5.41) is 0. The highest BCUT2D eigenvalue weighted by Crippen LogP contribution is 2.32. The van der Waals surface area contributed by atoms with Gasteiger partial charge in [-0.1, -0.05) is 167 Å². The van der Waals surface area contributed by atoms with Crippen LogP contribution in [0.2, 0.25) is 11.6 Å². The normalized spacial score (nSPS) is 18.3. The predicted molar refractivity (Wildman–Crippen MR) is 128 cm³/mol. The van der Waals surface area contributed by atoms with E-state index in [1.54, 1.807) is 20.1 Å². The second kappa shape index (κ2) is 19.4. The standard InChI is InChI=1S/C26H53B/c1-3-5-7-9-14-18-22-25(21-17-13-8-6-4-2)27-26-23-19-15-11-10-12-16-20-24-26/h25-27H,3-24H2,1-2H3. The third-order valence-electron chi connectivity index (χ3n) is 7.07. The minimum atomic E-state index is 1.05. The number of unbranched alkanes of at least 4 members (excludes halogenated alkanes) is 9. The largest absolute Gasteiger partial charge is 0.127 e. The molecule has 0 amide bonds. The lowest BCUT2D eigenvalue weighted by Gasteiger charge is -2.23. The van der Waals surface area contributed by atoms with Crippen LogP contribution in [0, 0.1) is 0 Å². The van der Waals surface area contributed by atoms with Crippen molar-refractivity contribution in [2.45, 2.75) is 167 Å². The van der Waals surface area contributed by atoms with Gasteiger partial charge in [0, 0.05) is 0 Å². The van der Waals surface area contributed by atoms with E-state index in [0.717, 1.165) is 11.6 Å². The van der Waals surface area contributed by atoms with Crippen LogP contribution in [0.4, 0.5) is 0 Å². The molecular weight excluding hydrogens is 323 g/mol. The van der Waals surface area contributed by atoms with Crippen molar-refractivity contribution in [3.05, 3.63) is 0 Å². The SMILES string of the molecule is CCCCCCCCC(BC1CCCCCCCCC1)CCCCCCC. The molecule has 0 bridgehead atoms. The molecule has 0 nitrogen and oxygen atoms in total. The molecule has 0 aromatic rings. The first-order valence-electron chi connectivity index (χ1n) is 13.4. The first kappa shape index (κ1) is 25.1. The van der Waals surface area contributed by atoms with Crippen molar-refractivity contribution < 1.29 is 0 Å². The highest BCUT2D eigenvalue weighted by molar-refractivity contribution is 6.39. The fourth-order valence-electron chi connectivity index (χ4n) is 5.23. The Morgan fingerprint density at radius 3 is 1.44 bits per heavy atom. The topological polar surface area (TPSA) is 0 Å². The molecule has 0 saturated heterocycles. The average Bonchev–Trinajstić information content (AvgIpc) is 2.69. The minimum absolute atomic E-state index is 1.05. The molecule has 1 heteroatoms. The van der Waals surface area contributed by atoms with Gasteiger partial charge in [0.1, 0.15) is 7.28 Å². The third kappa shape index (κ3) is 15.6. The summed E-state index contributed by atoms with van der Waals surface area (Å²) >= 11 is 0. The summed E-state index contributed by atoms with van der Waals surface area (Å²) in [7, 11) is 1.57. The minimum Gasteiger partial charge on any atom is -0.0654 e. The Balaban J connectivity index is 2.33. The second-order valence-electron chi connectivity index (χ2n) is 9.78. The first-order chi connectivity index (χ1) is 13.4. The van der Waals surface area contributed by atoms with Crippen molar-refractivity contribution in [2.24, 2.45) is 0 Å². The van der Waals surface area contributed by atoms with Crippen LogP contribution < -0.4 is 0 Å². The summed E-state index contributed by atoms with van der Waals surface area (Å²) in [6.45, 7) is 4.66. The molecule has 1 aliphatic carbocycles. The van der Waals surface area contributed by atoms with Crippen molar-refractivity contribution in [3.8, 4) is 0 Å². The predicted octanol–water partition coefficient (Wildman–Crippen LogP) is 9.64. The molecule has 1 unspecified atom stereocenters. The maximum Gasteiger partial charge on any atom is 0.127 e. The smallest absolute Gasteiger partial charge is 0.0654 e. The van der Waals surface area contributed by atoms with Crippen molar-refractivity contribution in [1.82, 2.24) is 0 Å². The highest BCUT2D eigenvalue weighted by atomic mass is 14.1. The van der Waals surface area contributed by atoms with Gasteiger partial charge < -0.3 is 0 Å². The summed E-state index contributed by atoms with van der Waals surface area (Å²) in [5.74, 6) is 2.11. The van der Waals surface area contributed by atoms with Gasteiger partial charge in [-0.3, -0.25) is 0 Å². The number of hydrogen-bond acceptors (Lipinski definition) is 0. The molecule has 1 fully saturated rings. The van der Waals surface area contributed by atoms with E-state index >= 15 is 0 Å². The molecule has 0 radical (unpaired) electrons. The van der Waals surface area contributed by atoms with Crippen molar-refractivity contribution >= 4 is 7.28 Å². The van der Waals surface area contributed by atoms with Gasteiger partial charge in [0.05, 0.1) is 0 Å². The average molecular weight is 377 g/mol. The van der Waals surface area contributed by atoms with E-state index in [1.807, 2.05) is 0 Å². The van der Waals surface area contributed by atoms with E-state index in [4.69, 9.17) is 0 Å². The summed E-state index contributed by atoms with van der Waals surface area (Å²) in [5.41, 5.74) is 0. The van der Waals surface area contributed by atoms with Crippen molar-refractivity contribution in [2.75, 3.05) is 0 Å². The summed E-state index contributed by atoms with van der Waals surface area (Å²) < 4.78 is 0. The Hall–Kier alpha value is 0.0649.